The van der Waals surface area contributed by atoms with Gasteiger partial charge in [-0.3, -0.25) is 4.79 Å². The molecule has 0 saturated carbocycles. The van der Waals surface area contributed by atoms with Gasteiger partial charge in [-0.05, 0) is 47.5 Å². The van der Waals surface area contributed by atoms with E-state index in [2.05, 4.69) is 47.6 Å². The number of rotatable bonds is 7. The lowest BCUT2D eigenvalue weighted by Gasteiger charge is -2.21. The Hall–Kier alpha value is -3.25. The standard InChI is InChI=1S/C24H23N3O2S/c1-16-8-9-19(14-17(16)2)23(18-6-4-3-5-7-18)25-21(28)10-11-22-26-27-24(29-22)20-12-13-30-15-20/h3-9,12-15,23H,10-11H2,1-2H3,(H,25,28)/t23-/m0/s1. The summed E-state index contributed by atoms with van der Waals surface area (Å²) in [7, 11) is 0. The van der Waals surface area contributed by atoms with E-state index >= 15 is 0 Å². The third-order valence-corrected chi connectivity index (χ3v) is 5.79. The molecule has 1 atom stereocenters. The minimum absolute atomic E-state index is 0.0580. The lowest BCUT2D eigenvalue weighted by atomic mass is 9.95. The lowest BCUT2D eigenvalue weighted by molar-refractivity contribution is -0.121. The van der Waals surface area contributed by atoms with Gasteiger partial charge >= 0.3 is 0 Å². The molecule has 0 saturated heterocycles. The number of amides is 1. The zero-order chi connectivity index (χ0) is 20.9. The van der Waals surface area contributed by atoms with E-state index in [9.17, 15) is 4.79 Å². The van der Waals surface area contributed by atoms with E-state index in [0.717, 1.165) is 16.7 Å². The quantitative estimate of drug-likeness (QED) is 0.446. The molecule has 0 aliphatic rings. The average Bonchev–Trinajstić information content (AvgIpc) is 3.45. The molecule has 2 heterocycles. The number of carbonyl (C=O) groups is 1. The highest BCUT2D eigenvalue weighted by molar-refractivity contribution is 7.08. The third-order valence-electron chi connectivity index (χ3n) is 5.10. The van der Waals surface area contributed by atoms with Crippen molar-refractivity contribution in [2.75, 3.05) is 0 Å². The van der Waals surface area contributed by atoms with Crippen LogP contribution in [-0.2, 0) is 11.2 Å². The molecule has 0 spiro atoms. The van der Waals surface area contributed by atoms with Crippen molar-refractivity contribution in [2.24, 2.45) is 0 Å². The number of hydrogen-bond donors (Lipinski definition) is 1. The Morgan fingerprint density at radius 2 is 1.87 bits per heavy atom. The number of carbonyl (C=O) groups excluding carboxylic acids is 1. The first-order valence-corrected chi connectivity index (χ1v) is 10.8. The fourth-order valence-electron chi connectivity index (χ4n) is 3.26. The first kappa shape index (κ1) is 20.0. The second kappa shape index (κ2) is 9.05. The first-order chi connectivity index (χ1) is 14.6. The number of nitrogens with one attached hydrogen (secondary N) is 1. The zero-order valence-corrected chi connectivity index (χ0v) is 17.8. The summed E-state index contributed by atoms with van der Waals surface area (Å²) in [4.78, 5) is 12.8. The van der Waals surface area contributed by atoms with Crippen LogP contribution in [0.3, 0.4) is 0 Å². The molecule has 2 aromatic carbocycles. The Balaban J connectivity index is 1.46. The van der Waals surface area contributed by atoms with Crippen LogP contribution in [0.1, 0.15) is 40.6 Å². The van der Waals surface area contributed by atoms with Gasteiger partial charge in [0.05, 0.1) is 6.04 Å². The Morgan fingerprint density at radius 1 is 1.03 bits per heavy atom. The van der Waals surface area contributed by atoms with Crippen LogP contribution >= 0.6 is 11.3 Å². The minimum atomic E-state index is -0.206. The van der Waals surface area contributed by atoms with Crippen molar-refractivity contribution in [1.29, 1.82) is 0 Å². The molecule has 6 heteroatoms. The summed E-state index contributed by atoms with van der Waals surface area (Å²) in [5.41, 5.74) is 5.45. The van der Waals surface area contributed by atoms with E-state index in [1.54, 1.807) is 11.3 Å². The molecule has 2 aromatic heterocycles. The molecule has 0 aliphatic heterocycles. The lowest BCUT2D eigenvalue weighted by Crippen LogP contribution is -2.29. The van der Waals surface area contributed by atoms with Crippen molar-refractivity contribution < 1.29 is 9.21 Å². The van der Waals surface area contributed by atoms with Crippen LogP contribution < -0.4 is 5.32 Å². The fraction of sp³-hybridized carbons (Fsp3) is 0.208. The number of aryl methyl sites for hydroxylation is 3. The van der Waals surface area contributed by atoms with E-state index in [1.165, 1.54) is 11.1 Å². The van der Waals surface area contributed by atoms with Gasteiger partial charge in [-0.1, -0.05) is 48.5 Å². The van der Waals surface area contributed by atoms with Gasteiger partial charge < -0.3 is 9.73 Å². The second-order valence-corrected chi connectivity index (χ2v) is 8.05. The topological polar surface area (TPSA) is 68.0 Å². The normalized spacial score (nSPS) is 11.9. The number of thiophene rings is 1. The van der Waals surface area contributed by atoms with E-state index < -0.39 is 0 Å². The molecule has 4 aromatic rings. The van der Waals surface area contributed by atoms with Gasteiger partial charge in [0.25, 0.3) is 0 Å². The summed E-state index contributed by atoms with van der Waals surface area (Å²) in [5.74, 6) is 0.898. The van der Waals surface area contributed by atoms with Crippen molar-refractivity contribution in [3.63, 3.8) is 0 Å². The third kappa shape index (κ3) is 4.66. The molecule has 0 aliphatic carbocycles. The molecule has 0 fully saturated rings. The fourth-order valence-corrected chi connectivity index (χ4v) is 3.89. The molecule has 152 valence electrons. The molecular weight excluding hydrogens is 394 g/mol. The predicted molar refractivity (Wildman–Crippen MR) is 118 cm³/mol. The summed E-state index contributed by atoms with van der Waals surface area (Å²) in [6, 6.07) is 18.0. The maximum absolute atomic E-state index is 12.8. The Kier molecular flexibility index (Phi) is 6.05. The SMILES string of the molecule is Cc1ccc([C@@H](NC(=O)CCc2nnc(-c3ccsc3)o2)c2ccccc2)cc1C. The molecule has 0 radical (unpaired) electrons. The Morgan fingerprint density at radius 3 is 2.60 bits per heavy atom. The Bertz CT molecular complexity index is 1120. The van der Waals surface area contributed by atoms with Crippen LogP contribution in [0.2, 0.25) is 0 Å². The summed E-state index contributed by atoms with van der Waals surface area (Å²) in [5, 5.41) is 15.2. The second-order valence-electron chi connectivity index (χ2n) is 7.27. The van der Waals surface area contributed by atoms with E-state index in [-0.39, 0.29) is 18.4 Å². The van der Waals surface area contributed by atoms with Crippen molar-refractivity contribution in [3.05, 3.63) is 93.5 Å². The highest BCUT2D eigenvalue weighted by Gasteiger charge is 2.18. The molecule has 1 N–H and O–H groups in total. The summed E-state index contributed by atoms with van der Waals surface area (Å²) in [6.45, 7) is 4.17. The molecular formula is C24H23N3O2S. The molecule has 4 rings (SSSR count). The maximum atomic E-state index is 12.8. The maximum Gasteiger partial charge on any atom is 0.248 e. The number of nitrogens with zero attached hydrogens (tertiary/aromatic N) is 2. The summed E-state index contributed by atoms with van der Waals surface area (Å²) < 4.78 is 5.69. The smallest absolute Gasteiger partial charge is 0.248 e. The van der Waals surface area contributed by atoms with Gasteiger partial charge in [-0.25, -0.2) is 0 Å². The highest BCUT2D eigenvalue weighted by Crippen LogP contribution is 2.25. The van der Waals surface area contributed by atoms with Gasteiger partial charge in [-0.15, -0.1) is 10.2 Å². The summed E-state index contributed by atoms with van der Waals surface area (Å²) >= 11 is 1.57. The number of benzene rings is 2. The van der Waals surface area contributed by atoms with Gasteiger partial charge in [-0.2, -0.15) is 11.3 Å². The van der Waals surface area contributed by atoms with Crippen LogP contribution in [0, 0.1) is 13.8 Å². The van der Waals surface area contributed by atoms with Gasteiger partial charge in [0.2, 0.25) is 17.7 Å². The molecule has 0 unspecified atom stereocenters. The van der Waals surface area contributed by atoms with Crippen molar-refractivity contribution >= 4 is 17.2 Å². The van der Waals surface area contributed by atoms with Crippen LogP contribution in [0.4, 0.5) is 0 Å². The van der Waals surface area contributed by atoms with Crippen molar-refractivity contribution in [2.45, 2.75) is 32.7 Å². The van der Waals surface area contributed by atoms with Gasteiger partial charge in [0.15, 0.2) is 0 Å². The Labute approximate surface area is 179 Å². The van der Waals surface area contributed by atoms with Crippen LogP contribution in [0.15, 0.2) is 69.8 Å². The number of hydrogen-bond acceptors (Lipinski definition) is 5. The molecule has 30 heavy (non-hydrogen) atoms. The van der Waals surface area contributed by atoms with Crippen molar-refractivity contribution in [1.82, 2.24) is 15.5 Å². The number of aromatic nitrogens is 2. The molecule has 5 nitrogen and oxygen atoms in total. The molecule has 0 bridgehead atoms. The van der Waals surface area contributed by atoms with Crippen LogP contribution in [0.5, 0.6) is 0 Å². The summed E-state index contributed by atoms with van der Waals surface area (Å²) in [6.07, 6.45) is 0.677. The average molecular weight is 418 g/mol. The minimum Gasteiger partial charge on any atom is -0.421 e. The van der Waals surface area contributed by atoms with Crippen LogP contribution in [0.25, 0.3) is 11.5 Å². The largest absolute Gasteiger partial charge is 0.421 e. The van der Waals surface area contributed by atoms with E-state index in [1.807, 2.05) is 47.2 Å². The highest BCUT2D eigenvalue weighted by atomic mass is 32.1. The van der Waals surface area contributed by atoms with E-state index in [0.29, 0.717) is 18.2 Å². The first-order valence-electron chi connectivity index (χ1n) is 9.86. The molecule has 1 amide bonds. The van der Waals surface area contributed by atoms with Crippen LogP contribution in [-0.4, -0.2) is 16.1 Å². The van der Waals surface area contributed by atoms with Gasteiger partial charge in [0.1, 0.15) is 0 Å². The van der Waals surface area contributed by atoms with E-state index in [4.69, 9.17) is 4.42 Å². The van der Waals surface area contributed by atoms with Crippen molar-refractivity contribution in [3.8, 4) is 11.5 Å². The predicted octanol–water partition coefficient (Wildman–Crippen LogP) is 5.25. The van der Waals surface area contributed by atoms with Gasteiger partial charge in [0, 0.05) is 23.8 Å². The monoisotopic (exact) mass is 417 g/mol. The zero-order valence-electron chi connectivity index (χ0n) is 17.0.